The number of aryl methyl sites for hydroxylation is 1. The molecular weight excluding hydrogens is 345 g/mol. The van der Waals surface area contributed by atoms with Crippen molar-refractivity contribution in [2.45, 2.75) is 18.7 Å². The van der Waals surface area contributed by atoms with Crippen molar-refractivity contribution in [2.75, 3.05) is 11.3 Å². The van der Waals surface area contributed by atoms with E-state index in [9.17, 15) is 8.42 Å². The van der Waals surface area contributed by atoms with Gasteiger partial charge in [0.05, 0.1) is 17.3 Å². The molecule has 0 aliphatic rings. The van der Waals surface area contributed by atoms with Crippen molar-refractivity contribution in [1.82, 2.24) is 0 Å². The molecule has 2 rings (SSSR count). The minimum Gasteiger partial charge on any atom is -0.492 e. The van der Waals surface area contributed by atoms with Crippen molar-refractivity contribution in [3.05, 3.63) is 52.0 Å². The van der Waals surface area contributed by atoms with E-state index in [0.29, 0.717) is 28.6 Å². The Morgan fingerprint density at radius 3 is 2.50 bits per heavy atom. The molecule has 0 unspecified atom stereocenters. The van der Waals surface area contributed by atoms with E-state index in [-0.39, 0.29) is 9.92 Å². The van der Waals surface area contributed by atoms with Gasteiger partial charge in [-0.15, -0.1) is 0 Å². The van der Waals surface area contributed by atoms with E-state index < -0.39 is 10.0 Å². The Bertz CT molecular complexity index is 791. The fraction of sp³-hybridized carbons (Fsp3) is 0.200. The fourth-order valence-electron chi connectivity index (χ4n) is 1.87. The highest BCUT2D eigenvalue weighted by Crippen LogP contribution is 2.31. The molecule has 4 nitrogen and oxygen atoms in total. The second-order valence-corrected chi connectivity index (χ2v) is 7.03. The molecule has 2 aromatic rings. The monoisotopic (exact) mass is 359 g/mol. The van der Waals surface area contributed by atoms with Crippen molar-refractivity contribution in [1.29, 1.82) is 0 Å². The second kappa shape index (κ2) is 6.77. The van der Waals surface area contributed by atoms with Gasteiger partial charge in [-0.3, -0.25) is 4.72 Å². The Balaban J connectivity index is 2.43. The normalized spacial score (nSPS) is 11.3. The van der Waals surface area contributed by atoms with Crippen molar-refractivity contribution in [3.63, 3.8) is 0 Å². The number of hydrogen-bond donors (Lipinski definition) is 1. The zero-order valence-electron chi connectivity index (χ0n) is 12.1. The van der Waals surface area contributed by atoms with Crippen molar-refractivity contribution < 1.29 is 13.2 Å². The van der Waals surface area contributed by atoms with Gasteiger partial charge < -0.3 is 4.74 Å². The van der Waals surface area contributed by atoms with Crippen LogP contribution < -0.4 is 9.46 Å². The maximum atomic E-state index is 12.5. The van der Waals surface area contributed by atoms with Crippen LogP contribution in [0.3, 0.4) is 0 Å². The number of halogens is 2. The van der Waals surface area contributed by atoms with Crippen LogP contribution in [0.15, 0.2) is 41.3 Å². The molecule has 1 N–H and O–H groups in total. The van der Waals surface area contributed by atoms with Gasteiger partial charge in [-0.25, -0.2) is 8.42 Å². The van der Waals surface area contributed by atoms with E-state index in [2.05, 4.69) is 4.72 Å². The van der Waals surface area contributed by atoms with Crippen LogP contribution in [0.1, 0.15) is 12.5 Å². The van der Waals surface area contributed by atoms with Crippen LogP contribution >= 0.6 is 23.2 Å². The van der Waals surface area contributed by atoms with Crippen molar-refractivity contribution in [2.24, 2.45) is 0 Å². The maximum absolute atomic E-state index is 12.5. The van der Waals surface area contributed by atoms with Crippen molar-refractivity contribution >= 4 is 38.9 Å². The minimum atomic E-state index is -3.84. The molecule has 0 heterocycles. The lowest BCUT2D eigenvalue weighted by molar-refractivity contribution is 0.342. The number of rotatable bonds is 5. The number of hydrogen-bond acceptors (Lipinski definition) is 3. The van der Waals surface area contributed by atoms with Crippen LogP contribution in [0.4, 0.5) is 5.69 Å². The molecule has 7 heteroatoms. The van der Waals surface area contributed by atoms with Crippen LogP contribution in [-0.2, 0) is 10.0 Å². The first kappa shape index (κ1) is 16.9. The van der Waals surface area contributed by atoms with Gasteiger partial charge in [0.1, 0.15) is 10.6 Å². The van der Waals surface area contributed by atoms with Crippen LogP contribution in [0.25, 0.3) is 0 Å². The van der Waals surface area contributed by atoms with E-state index in [4.69, 9.17) is 27.9 Å². The molecule has 0 radical (unpaired) electrons. The number of para-hydroxylation sites is 2. The van der Waals surface area contributed by atoms with Gasteiger partial charge in [-0.2, -0.15) is 0 Å². The molecule has 0 saturated heterocycles. The highest BCUT2D eigenvalue weighted by atomic mass is 35.5. The fourth-order valence-corrected chi connectivity index (χ4v) is 3.77. The first-order valence-electron chi connectivity index (χ1n) is 6.55. The third kappa shape index (κ3) is 3.66. The Morgan fingerprint density at radius 1 is 1.14 bits per heavy atom. The van der Waals surface area contributed by atoms with E-state index in [0.717, 1.165) is 0 Å². The average Bonchev–Trinajstić information content (AvgIpc) is 2.45. The lowest BCUT2D eigenvalue weighted by Gasteiger charge is -2.14. The molecule has 0 saturated carbocycles. The van der Waals surface area contributed by atoms with E-state index >= 15 is 0 Å². The molecule has 0 amide bonds. The molecule has 0 atom stereocenters. The minimum absolute atomic E-state index is 0.0256. The van der Waals surface area contributed by atoms with Gasteiger partial charge >= 0.3 is 0 Å². The molecule has 2 aromatic carbocycles. The summed E-state index contributed by atoms with van der Waals surface area (Å²) in [6.45, 7) is 3.97. The lowest BCUT2D eigenvalue weighted by Crippen LogP contribution is -2.14. The highest BCUT2D eigenvalue weighted by Gasteiger charge is 2.21. The standard InChI is InChI=1S/C15H15Cl2NO3S/c1-3-21-14-7-5-4-6-13(14)18-22(19,20)15-8-10(2)11(16)9-12(15)17/h4-9,18H,3H2,1-2H3. The smallest absolute Gasteiger partial charge is 0.263 e. The zero-order chi connectivity index (χ0) is 16.3. The Labute approximate surface area is 140 Å². The van der Waals surface area contributed by atoms with Crippen LogP contribution in [0, 0.1) is 6.92 Å². The van der Waals surface area contributed by atoms with Gasteiger partial charge in [-0.1, -0.05) is 35.3 Å². The summed E-state index contributed by atoms with van der Waals surface area (Å²) in [7, 11) is -3.84. The molecular formula is C15H15Cl2NO3S. The summed E-state index contributed by atoms with van der Waals surface area (Å²) in [6, 6.07) is 9.66. The molecule has 0 aliphatic carbocycles. The number of nitrogens with one attached hydrogen (secondary N) is 1. The predicted molar refractivity (Wildman–Crippen MR) is 89.6 cm³/mol. The molecule has 0 aliphatic heterocycles. The molecule has 118 valence electrons. The summed E-state index contributed by atoms with van der Waals surface area (Å²) in [5.74, 6) is 0.454. The van der Waals surface area contributed by atoms with Gasteiger partial charge in [0.15, 0.2) is 0 Å². The first-order chi connectivity index (χ1) is 10.3. The molecule has 0 spiro atoms. The highest BCUT2D eigenvalue weighted by molar-refractivity contribution is 7.92. The molecule has 0 aromatic heterocycles. The van der Waals surface area contributed by atoms with Gasteiger partial charge in [-0.05, 0) is 43.7 Å². The van der Waals surface area contributed by atoms with Gasteiger partial charge in [0.2, 0.25) is 0 Å². The number of sulfonamides is 1. The average molecular weight is 360 g/mol. The molecule has 22 heavy (non-hydrogen) atoms. The van der Waals surface area contributed by atoms with Gasteiger partial charge in [0, 0.05) is 5.02 Å². The Morgan fingerprint density at radius 2 is 1.82 bits per heavy atom. The summed E-state index contributed by atoms with van der Waals surface area (Å²) < 4.78 is 33.0. The largest absolute Gasteiger partial charge is 0.492 e. The molecule has 0 fully saturated rings. The van der Waals surface area contributed by atoms with Crippen LogP contribution in [0.5, 0.6) is 5.75 Å². The van der Waals surface area contributed by atoms with Crippen LogP contribution in [-0.4, -0.2) is 15.0 Å². The van der Waals surface area contributed by atoms with Crippen molar-refractivity contribution in [3.8, 4) is 5.75 Å². The SMILES string of the molecule is CCOc1ccccc1NS(=O)(=O)c1cc(C)c(Cl)cc1Cl. The summed E-state index contributed by atoms with van der Waals surface area (Å²) in [6.07, 6.45) is 0. The summed E-state index contributed by atoms with van der Waals surface area (Å²) in [5, 5.41) is 0.482. The van der Waals surface area contributed by atoms with Gasteiger partial charge in [0.25, 0.3) is 10.0 Å². The number of benzene rings is 2. The summed E-state index contributed by atoms with van der Waals surface area (Å²) in [4.78, 5) is -0.0256. The third-order valence-electron chi connectivity index (χ3n) is 2.93. The van der Waals surface area contributed by atoms with E-state index in [1.54, 1.807) is 31.2 Å². The number of anilines is 1. The summed E-state index contributed by atoms with van der Waals surface area (Å²) >= 11 is 12.0. The zero-order valence-corrected chi connectivity index (χ0v) is 14.4. The third-order valence-corrected chi connectivity index (χ3v) is 5.17. The predicted octanol–water partition coefficient (Wildman–Crippen LogP) is 4.50. The Hall–Kier alpha value is -1.43. The lowest BCUT2D eigenvalue weighted by atomic mass is 10.2. The summed E-state index contributed by atoms with van der Waals surface area (Å²) in [5.41, 5.74) is 0.984. The Kier molecular flexibility index (Phi) is 5.21. The molecule has 0 bridgehead atoms. The maximum Gasteiger partial charge on any atom is 0.263 e. The quantitative estimate of drug-likeness (QED) is 0.854. The van der Waals surface area contributed by atoms with E-state index in [1.165, 1.54) is 12.1 Å². The second-order valence-electron chi connectivity index (χ2n) is 4.57. The van der Waals surface area contributed by atoms with E-state index in [1.807, 2.05) is 6.92 Å². The topological polar surface area (TPSA) is 55.4 Å². The number of ether oxygens (including phenoxy) is 1. The first-order valence-corrected chi connectivity index (χ1v) is 8.79. The van der Waals surface area contributed by atoms with Crippen LogP contribution in [0.2, 0.25) is 10.0 Å².